The lowest BCUT2D eigenvalue weighted by Gasteiger charge is -2.42. The van der Waals surface area contributed by atoms with E-state index >= 15 is 0 Å². The zero-order valence-electron chi connectivity index (χ0n) is 7.90. The molecular formula is C12H13NO. The molecule has 2 rings (SSSR count). The number of hydrogen-bond acceptors (Lipinski definition) is 2. The summed E-state index contributed by atoms with van der Waals surface area (Å²) in [4.78, 5) is 0. The van der Waals surface area contributed by atoms with Gasteiger partial charge in [0, 0.05) is 11.1 Å². The topological polar surface area (TPSA) is 46.2 Å². The smallest absolute Gasteiger partial charge is 0.0582 e. The minimum absolute atomic E-state index is 0.243. The average Bonchev–Trinajstić information content (AvgIpc) is 2.16. The highest BCUT2D eigenvalue weighted by molar-refractivity contribution is 5.37. The molecule has 1 fully saturated rings. The third-order valence-corrected chi connectivity index (χ3v) is 2.83. The fourth-order valence-electron chi connectivity index (χ4n) is 1.92. The molecule has 0 aliphatic heterocycles. The van der Waals surface area contributed by atoms with Gasteiger partial charge in [0.25, 0.3) is 0 Å². The van der Waals surface area contributed by atoms with Crippen LogP contribution in [0.3, 0.4) is 0 Å². The predicted molar refractivity (Wildman–Crippen MR) is 55.5 cm³/mol. The van der Waals surface area contributed by atoms with Gasteiger partial charge in [-0.15, -0.1) is 6.42 Å². The summed E-state index contributed by atoms with van der Waals surface area (Å²) in [6.45, 7) is 0. The Hall–Kier alpha value is -1.30. The van der Waals surface area contributed by atoms with Crippen LogP contribution in [0.4, 0.5) is 0 Å². The zero-order valence-corrected chi connectivity index (χ0v) is 7.90. The number of nitrogens with two attached hydrogens (primary N) is 1. The summed E-state index contributed by atoms with van der Waals surface area (Å²) in [5, 5.41) is 9.23. The molecule has 3 N–H and O–H groups in total. The van der Waals surface area contributed by atoms with Crippen molar-refractivity contribution < 1.29 is 5.11 Å². The minimum atomic E-state index is -0.341. The van der Waals surface area contributed by atoms with Crippen LogP contribution < -0.4 is 5.73 Å². The molecule has 0 unspecified atom stereocenters. The maximum atomic E-state index is 9.23. The Kier molecular flexibility index (Phi) is 2.07. The molecule has 0 radical (unpaired) electrons. The monoisotopic (exact) mass is 187 g/mol. The normalized spacial score (nSPS) is 30.5. The van der Waals surface area contributed by atoms with E-state index in [1.165, 1.54) is 0 Å². The van der Waals surface area contributed by atoms with Crippen molar-refractivity contribution in [1.29, 1.82) is 0 Å². The van der Waals surface area contributed by atoms with Crippen LogP contribution in [0.25, 0.3) is 0 Å². The van der Waals surface area contributed by atoms with Gasteiger partial charge in [-0.1, -0.05) is 18.1 Å². The van der Waals surface area contributed by atoms with E-state index in [4.69, 9.17) is 12.2 Å². The summed E-state index contributed by atoms with van der Waals surface area (Å²) in [7, 11) is 0. The SMILES string of the molecule is C#Cc1ccc(C2(N)CC(O)C2)cc1. The number of aliphatic hydroxyl groups is 1. The number of terminal acetylenes is 1. The molecule has 0 saturated heterocycles. The summed E-state index contributed by atoms with van der Waals surface area (Å²) < 4.78 is 0. The predicted octanol–water partition coefficient (Wildman–Crippen LogP) is 0.977. The third kappa shape index (κ3) is 1.41. The Morgan fingerprint density at radius 3 is 2.36 bits per heavy atom. The van der Waals surface area contributed by atoms with Gasteiger partial charge in [-0.05, 0) is 30.5 Å². The average molecular weight is 187 g/mol. The highest BCUT2D eigenvalue weighted by Crippen LogP contribution is 2.38. The van der Waals surface area contributed by atoms with Crippen molar-refractivity contribution in [3.8, 4) is 12.3 Å². The molecule has 1 aromatic rings. The van der Waals surface area contributed by atoms with Crippen molar-refractivity contribution >= 4 is 0 Å². The summed E-state index contributed by atoms with van der Waals surface area (Å²) in [5.41, 5.74) is 7.67. The van der Waals surface area contributed by atoms with E-state index in [0.717, 1.165) is 11.1 Å². The van der Waals surface area contributed by atoms with Gasteiger partial charge in [0.15, 0.2) is 0 Å². The van der Waals surface area contributed by atoms with Gasteiger partial charge >= 0.3 is 0 Å². The van der Waals surface area contributed by atoms with Crippen molar-refractivity contribution in [2.75, 3.05) is 0 Å². The Balaban J connectivity index is 2.22. The molecular weight excluding hydrogens is 174 g/mol. The number of rotatable bonds is 1. The Labute approximate surface area is 83.7 Å². The molecule has 0 bridgehead atoms. The van der Waals surface area contributed by atoms with Crippen LogP contribution in [-0.2, 0) is 5.54 Å². The summed E-state index contributed by atoms with van der Waals surface area (Å²) in [6.07, 6.45) is 6.30. The van der Waals surface area contributed by atoms with Gasteiger partial charge in [0.05, 0.1) is 6.10 Å². The van der Waals surface area contributed by atoms with Crippen molar-refractivity contribution in [2.45, 2.75) is 24.5 Å². The van der Waals surface area contributed by atoms with Gasteiger partial charge in [-0.25, -0.2) is 0 Å². The van der Waals surface area contributed by atoms with E-state index in [9.17, 15) is 5.11 Å². The van der Waals surface area contributed by atoms with Crippen LogP contribution in [0.2, 0.25) is 0 Å². The first-order valence-electron chi connectivity index (χ1n) is 4.68. The quantitative estimate of drug-likeness (QED) is 0.644. The van der Waals surface area contributed by atoms with Gasteiger partial charge < -0.3 is 10.8 Å². The summed E-state index contributed by atoms with van der Waals surface area (Å²) in [5.74, 6) is 2.56. The fourth-order valence-corrected chi connectivity index (χ4v) is 1.92. The number of aliphatic hydroxyl groups excluding tert-OH is 1. The summed E-state index contributed by atoms with van der Waals surface area (Å²) in [6, 6.07) is 7.66. The van der Waals surface area contributed by atoms with E-state index in [-0.39, 0.29) is 11.6 Å². The first kappa shape index (κ1) is 9.26. The molecule has 1 aliphatic carbocycles. The Morgan fingerprint density at radius 2 is 1.93 bits per heavy atom. The molecule has 2 heteroatoms. The van der Waals surface area contributed by atoms with Gasteiger partial charge in [-0.3, -0.25) is 0 Å². The fraction of sp³-hybridized carbons (Fsp3) is 0.333. The van der Waals surface area contributed by atoms with E-state index in [0.29, 0.717) is 12.8 Å². The highest BCUT2D eigenvalue weighted by atomic mass is 16.3. The second-order valence-electron chi connectivity index (χ2n) is 3.94. The molecule has 0 atom stereocenters. The minimum Gasteiger partial charge on any atom is -0.393 e. The maximum absolute atomic E-state index is 9.23. The molecule has 14 heavy (non-hydrogen) atoms. The summed E-state index contributed by atoms with van der Waals surface area (Å²) >= 11 is 0. The third-order valence-electron chi connectivity index (χ3n) is 2.83. The Morgan fingerprint density at radius 1 is 1.36 bits per heavy atom. The molecule has 72 valence electrons. The van der Waals surface area contributed by atoms with Crippen LogP contribution in [0.5, 0.6) is 0 Å². The molecule has 1 aromatic carbocycles. The van der Waals surface area contributed by atoms with Gasteiger partial charge in [-0.2, -0.15) is 0 Å². The lowest BCUT2D eigenvalue weighted by Crippen LogP contribution is -2.51. The highest BCUT2D eigenvalue weighted by Gasteiger charge is 2.41. The first-order chi connectivity index (χ1) is 6.64. The number of benzene rings is 1. The van der Waals surface area contributed by atoms with Crippen LogP contribution >= 0.6 is 0 Å². The van der Waals surface area contributed by atoms with Crippen molar-refractivity contribution in [3.05, 3.63) is 35.4 Å². The number of hydrogen-bond donors (Lipinski definition) is 2. The van der Waals surface area contributed by atoms with Crippen molar-refractivity contribution in [1.82, 2.24) is 0 Å². The van der Waals surface area contributed by atoms with Crippen LogP contribution in [0, 0.1) is 12.3 Å². The standard InChI is InChI=1S/C12H13NO/c1-2-9-3-5-10(6-4-9)12(13)7-11(14)8-12/h1,3-6,11,14H,7-8,13H2. The molecule has 0 aromatic heterocycles. The first-order valence-corrected chi connectivity index (χ1v) is 4.68. The Bertz CT molecular complexity index is 368. The molecule has 2 nitrogen and oxygen atoms in total. The molecule has 1 saturated carbocycles. The maximum Gasteiger partial charge on any atom is 0.0582 e. The van der Waals surface area contributed by atoms with Crippen LogP contribution in [-0.4, -0.2) is 11.2 Å². The van der Waals surface area contributed by atoms with Gasteiger partial charge in [0.2, 0.25) is 0 Å². The van der Waals surface area contributed by atoms with E-state index in [2.05, 4.69) is 5.92 Å². The molecule has 0 spiro atoms. The molecule has 0 heterocycles. The second kappa shape index (κ2) is 3.13. The van der Waals surface area contributed by atoms with E-state index < -0.39 is 0 Å². The second-order valence-corrected chi connectivity index (χ2v) is 3.94. The largest absolute Gasteiger partial charge is 0.393 e. The molecule has 0 amide bonds. The van der Waals surface area contributed by atoms with E-state index in [1.54, 1.807) is 0 Å². The van der Waals surface area contributed by atoms with Gasteiger partial charge in [0.1, 0.15) is 0 Å². The molecule has 1 aliphatic rings. The van der Waals surface area contributed by atoms with Crippen LogP contribution in [0.1, 0.15) is 24.0 Å². The van der Waals surface area contributed by atoms with Crippen molar-refractivity contribution in [2.24, 2.45) is 5.73 Å². The van der Waals surface area contributed by atoms with Crippen LogP contribution in [0.15, 0.2) is 24.3 Å². The lowest BCUT2D eigenvalue weighted by molar-refractivity contribution is 0.0209. The lowest BCUT2D eigenvalue weighted by atomic mass is 9.70. The zero-order chi connectivity index (χ0) is 10.2. The van der Waals surface area contributed by atoms with Crippen molar-refractivity contribution in [3.63, 3.8) is 0 Å². The van der Waals surface area contributed by atoms with E-state index in [1.807, 2.05) is 24.3 Å².